The standard InChI is InChI=1S/C15H18O3/c1-18-14(16)11-15(17)10-6-5-9-13(15)12-7-3-2-4-8-12/h2-4,6-8,10,13,17H,5,9,11H2,1H3/t13-,15+/m0/s1. The lowest BCUT2D eigenvalue weighted by Crippen LogP contribution is -2.38. The summed E-state index contributed by atoms with van der Waals surface area (Å²) >= 11 is 0. The molecule has 0 saturated heterocycles. The van der Waals surface area contributed by atoms with Crippen molar-refractivity contribution in [2.24, 2.45) is 0 Å². The van der Waals surface area contributed by atoms with Crippen LogP contribution in [0.1, 0.15) is 30.7 Å². The lowest BCUT2D eigenvalue weighted by atomic mass is 9.74. The summed E-state index contributed by atoms with van der Waals surface area (Å²) in [6.07, 6.45) is 5.43. The molecule has 18 heavy (non-hydrogen) atoms. The fraction of sp³-hybridized carbons (Fsp3) is 0.400. The molecular weight excluding hydrogens is 228 g/mol. The van der Waals surface area contributed by atoms with Crippen LogP contribution in [0.2, 0.25) is 0 Å². The number of carbonyl (C=O) groups excluding carboxylic acids is 1. The Morgan fingerprint density at radius 3 is 2.83 bits per heavy atom. The molecule has 3 nitrogen and oxygen atoms in total. The number of ether oxygens (including phenoxy) is 1. The van der Waals surface area contributed by atoms with E-state index in [-0.39, 0.29) is 18.3 Å². The Morgan fingerprint density at radius 2 is 2.17 bits per heavy atom. The van der Waals surface area contributed by atoms with Gasteiger partial charge >= 0.3 is 5.97 Å². The molecule has 3 heteroatoms. The number of hydrogen-bond acceptors (Lipinski definition) is 3. The third kappa shape index (κ3) is 2.62. The number of methoxy groups -OCH3 is 1. The van der Waals surface area contributed by atoms with E-state index in [1.165, 1.54) is 7.11 Å². The van der Waals surface area contributed by atoms with Crippen LogP contribution in [0.5, 0.6) is 0 Å². The van der Waals surface area contributed by atoms with Gasteiger partial charge in [0.25, 0.3) is 0 Å². The van der Waals surface area contributed by atoms with Gasteiger partial charge < -0.3 is 9.84 Å². The van der Waals surface area contributed by atoms with Crippen LogP contribution < -0.4 is 0 Å². The summed E-state index contributed by atoms with van der Waals surface area (Å²) in [5, 5.41) is 10.7. The summed E-state index contributed by atoms with van der Waals surface area (Å²) in [6.45, 7) is 0. The van der Waals surface area contributed by atoms with Crippen LogP contribution in [0.15, 0.2) is 42.5 Å². The number of rotatable bonds is 3. The van der Waals surface area contributed by atoms with Crippen LogP contribution in [-0.2, 0) is 9.53 Å². The average molecular weight is 246 g/mol. The lowest BCUT2D eigenvalue weighted by Gasteiger charge is -2.36. The summed E-state index contributed by atoms with van der Waals surface area (Å²) in [7, 11) is 1.34. The molecule has 1 N–H and O–H groups in total. The van der Waals surface area contributed by atoms with Crippen molar-refractivity contribution in [3.63, 3.8) is 0 Å². The van der Waals surface area contributed by atoms with E-state index in [0.717, 1.165) is 18.4 Å². The second kappa shape index (κ2) is 5.36. The Bertz CT molecular complexity index is 438. The highest BCUT2D eigenvalue weighted by Gasteiger charge is 2.39. The lowest BCUT2D eigenvalue weighted by molar-refractivity contribution is -0.145. The van der Waals surface area contributed by atoms with Crippen molar-refractivity contribution in [2.45, 2.75) is 30.8 Å². The van der Waals surface area contributed by atoms with Crippen molar-refractivity contribution in [3.05, 3.63) is 48.0 Å². The second-order valence-electron chi connectivity index (χ2n) is 4.69. The monoisotopic (exact) mass is 246 g/mol. The van der Waals surface area contributed by atoms with Crippen LogP contribution in [0.25, 0.3) is 0 Å². The van der Waals surface area contributed by atoms with E-state index in [9.17, 15) is 9.90 Å². The molecule has 0 aromatic heterocycles. The predicted molar refractivity (Wildman–Crippen MR) is 69.1 cm³/mol. The van der Waals surface area contributed by atoms with Gasteiger partial charge in [-0.3, -0.25) is 4.79 Å². The van der Waals surface area contributed by atoms with Gasteiger partial charge in [0.15, 0.2) is 0 Å². The topological polar surface area (TPSA) is 46.5 Å². The normalized spacial score (nSPS) is 26.9. The molecule has 0 fully saturated rings. The van der Waals surface area contributed by atoms with Gasteiger partial charge in [0.05, 0.1) is 13.5 Å². The number of allylic oxidation sites excluding steroid dienone is 1. The molecule has 1 aliphatic carbocycles. The third-order valence-electron chi connectivity index (χ3n) is 3.49. The van der Waals surface area contributed by atoms with Crippen LogP contribution in [0, 0.1) is 0 Å². The molecule has 0 aliphatic heterocycles. The molecule has 1 aromatic carbocycles. The molecule has 0 saturated carbocycles. The van der Waals surface area contributed by atoms with Gasteiger partial charge in [-0.2, -0.15) is 0 Å². The molecule has 0 unspecified atom stereocenters. The van der Waals surface area contributed by atoms with Crippen molar-refractivity contribution >= 4 is 5.97 Å². The van der Waals surface area contributed by atoms with E-state index in [0.29, 0.717) is 0 Å². The van der Waals surface area contributed by atoms with Crippen molar-refractivity contribution in [3.8, 4) is 0 Å². The Morgan fingerprint density at radius 1 is 1.44 bits per heavy atom. The van der Waals surface area contributed by atoms with Crippen molar-refractivity contribution in [2.75, 3.05) is 7.11 Å². The highest BCUT2D eigenvalue weighted by molar-refractivity contribution is 5.71. The SMILES string of the molecule is COC(=O)C[C@]1(O)C=CCC[C@H]1c1ccccc1. The fourth-order valence-electron chi connectivity index (χ4n) is 2.54. The summed E-state index contributed by atoms with van der Waals surface area (Å²) in [6, 6.07) is 9.83. The van der Waals surface area contributed by atoms with E-state index in [1.54, 1.807) is 6.08 Å². The smallest absolute Gasteiger partial charge is 0.308 e. The molecule has 2 atom stereocenters. The Kier molecular flexibility index (Phi) is 3.82. The maximum absolute atomic E-state index is 11.4. The molecule has 2 rings (SSSR count). The van der Waals surface area contributed by atoms with Crippen molar-refractivity contribution < 1.29 is 14.6 Å². The fourth-order valence-corrected chi connectivity index (χ4v) is 2.54. The zero-order chi connectivity index (χ0) is 13.0. The van der Waals surface area contributed by atoms with E-state index < -0.39 is 5.60 Å². The van der Waals surface area contributed by atoms with Crippen LogP contribution in [0.3, 0.4) is 0 Å². The molecule has 0 heterocycles. The quantitative estimate of drug-likeness (QED) is 0.658. The maximum atomic E-state index is 11.4. The number of aliphatic hydroxyl groups is 1. The molecular formula is C15H18O3. The summed E-state index contributed by atoms with van der Waals surface area (Å²) in [5.74, 6) is -0.437. The highest BCUT2D eigenvalue weighted by Crippen LogP contribution is 2.39. The molecule has 0 amide bonds. The zero-order valence-corrected chi connectivity index (χ0v) is 10.5. The van der Waals surface area contributed by atoms with Gasteiger partial charge in [0, 0.05) is 5.92 Å². The Hall–Kier alpha value is -1.61. The molecule has 1 aromatic rings. The Balaban J connectivity index is 2.28. The molecule has 0 radical (unpaired) electrons. The first-order valence-corrected chi connectivity index (χ1v) is 6.17. The van der Waals surface area contributed by atoms with Gasteiger partial charge in [0.1, 0.15) is 5.60 Å². The first kappa shape index (κ1) is 12.8. The van der Waals surface area contributed by atoms with Crippen molar-refractivity contribution in [1.29, 1.82) is 0 Å². The zero-order valence-electron chi connectivity index (χ0n) is 10.5. The van der Waals surface area contributed by atoms with Gasteiger partial charge in [-0.1, -0.05) is 42.5 Å². The molecule has 0 spiro atoms. The van der Waals surface area contributed by atoms with Crippen molar-refractivity contribution in [1.82, 2.24) is 0 Å². The van der Waals surface area contributed by atoms with E-state index in [4.69, 9.17) is 0 Å². The summed E-state index contributed by atoms with van der Waals surface area (Å²) in [5.41, 5.74) is -0.0690. The maximum Gasteiger partial charge on any atom is 0.308 e. The summed E-state index contributed by atoms with van der Waals surface area (Å²) in [4.78, 5) is 11.4. The van der Waals surface area contributed by atoms with E-state index in [1.807, 2.05) is 36.4 Å². The second-order valence-corrected chi connectivity index (χ2v) is 4.69. The number of esters is 1. The minimum Gasteiger partial charge on any atom is -0.469 e. The van der Waals surface area contributed by atoms with Gasteiger partial charge in [0.2, 0.25) is 0 Å². The van der Waals surface area contributed by atoms with Crippen LogP contribution in [0.4, 0.5) is 0 Å². The predicted octanol–water partition coefficient (Wildman–Crippen LogP) is 2.41. The number of benzene rings is 1. The first-order chi connectivity index (χ1) is 8.65. The highest BCUT2D eigenvalue weighted by atomic mass is 16.5. The van der Waals surface area contributed by atoms with Crippen LogP contribution in [-0.4, -0.2) is 23.8 Å². The largest absolute Gasteiger partial charge is 0.469 e. The molecule has 1 aliphatic rings. The minimum absolute atomic E-state index is 0.000436. The van der Waals surface area contributed by atoms with E-state index >= 15 is 0 Å². The third-order valence-corrected chi connectivity index (χ3v) is 3.49. The summed E-state index contributed by atoms with van der Waals surface area (Å²) < 4.78 is 4.67. The number of hydrogen-bond donors (Lipinski definition) is 1. The molecule has 96 valence electrons. The molecule has 0 bridgehead atoms. The first-order valence-electron chi connectivity index (χ1n) is 6.17. The number of carbonyl (C=O) groups is 1. The van der Waals surface area contributed by atoms with Gasteiger partial charge in [-0.15, -0.1) is 0 Å². The van der Waals surface area contributed by atoms with E-state index in [2.05, 4.69) is 4.74 Å². The van der Waals surface area contributed by atoms with Crippen LogP contribution >= 0.6 is 0 Å². The Labute approximate surface area is 107 Å². The average Bonchev–Trinajstić information content (AvgIpc) is 2.39. The minimum atomic E-state index is -1.13. The van der Waals surface area contributed by atoms with Gasteiger partial charge in [-0.05, 0) is 18.4 Å². The van der Waals surface area contributed by atoms with Gasteiger partial charge in [-0.25, -0.2) is 0 Å².